The maximum Gasteiger partial charge on any atom is 0.333 e. The van der Waals surface area contributed by atoms with Crippen molar-refractivity contribution in [1.82, 2.24) is 15.0 Å². The van der Waals surface area contributed by atoms with Gasteiger partial charge in [0.2, 0.25) is 0 Å². The number of aromatic nitrogens is 3. The number of carbonyl (C=O) groups is 1. The Balaban J connectivity index is 0.00000243. The number of carbonyl (C=O) groups excluding carboxylic acids is 1. The molecular weight excluding hydrogens is 506 g/mol. The SMILES string of the molecule is C=C(C)C(=O)OCCOc1ccc(O)c(-n2nc3c[c-]ccc3n2)c1.[W]. The minimum absolute atomic E-state index is 0. The summed E-state index contributed by atoms with van der Waals surface area (Å²) in [5, 5.41) is 18.7. The van der Waals surface area contributed by atoms with Crippen molar-refractivity contribution in [3.05, 3.63) is 54.6 Å². The van der Waals surface area contributed by atoms with E-state index in [1.165, 1.54) is 10.9 Å². The Morgan fingerprint density at radius 3 is 2.77 bits per heavy atom. The average Bonchev–Trinajstić information content (AvgIpc) is 3.03. The Morgan fingerprint density at radius 2 is 2.04 bits per heavy atom. The molecule has 0 bridgehead atoms. The van der Waals surface area contributed by atoms with Gasteiger partial charge in [-0.3, -0.25) is 0 Å². The van der Waals surface area contributed by atoms with Crippen molar-refractivity contribution in [2.75, 3.05) is 13.2 Å². The van der Waals surface area contributed by atoms with E-state index >= 15 is 0 Å². The van der Waals surface area contributed by atoms with Crippen LogP contribution in [0.3, 0.4) is 0 Å². The number of hydrogen-bond acceptors (Lipinski definition) is 6. The zero-order chi connectivity index (χ0) is 17.8. The first-order valence-corrected chi connectivity index (χ1v) is 7.56. The molecule has 0 saturated carbocycles. The minimum Gasteiger partial charge on any atom is -0.506 e. The zero-order valence-corrected chi connectivity index (χ0v) is 16.9. The van der Waals surface area contributed by atoms with Crippen LogP contribution in [0.25, 0.3) is 16.7 Å². The molecule has 1 heterocycles. The molecule has 7 nitrogen and oxygen atoms in total. The summed E-state index contributed by atoms with van der Waals surface area (Å²) in [4.78, 5) is 12.6. The van der Waals surface area contributed by atoms with Crippen LogP contribution >= 0.6 is 0 Å². The first-order valence-electron chi connectivity index (χ1n) is 7.56. The first kappa shape index (κ1) is 19.7. The average molecular weight is 522 g/mol. The fraction of sp³-hybridized carbons (Fsp3) is 0.167. The quantitative estimate of drug-likeness (QED) is 0.232. The number of nitrogens with zero attached hydrogens (tertiary/aromatic N) is 3. The molecule has 0 aliphatic rings. The number of hydrogen-bond donors (Lipinski definition) is 1. The minimum atomic E-state index is -0.459. The number of phenols is 1. The second-order valence-corrected chi connectivity index (χ2v) is 5.32. The summed E-state index contributed by atoms with van der Waals surface area (Å²) in [7, 11) is 0. The van der Waals surface area contributed by atoms with Gasteiger partial charge in [-0.2, -0.15) is 22.0 Å². The van der Waals surface area contributed by atoms with E-state index in [1.807, 2.05) is 0 Å². The number of ether oxygens (including phenoxy) is 2. The van der Waals surface area contributed by atoms with Crippen LogP contribution in [0, 0.1) is 6.07 Å². The summed E-state index contributed by atoms with van der Waals surface area (Å²) >= 11 is 0. The summed E-state index contributed by atoms with van der Waals surface area (Å²) in [6, 6.07) is 12.9. The number of fused-ring (bicyclic) bond motifs is 1. The van der Waals surface area contributed by atoms with E-state index in [2.05, 4.69) is 22.8 Å². The van der Waals surface area contributed by atoms with Crippen LogP contribution in [0.4, 0.5) is 0 Å². The maximum absolute atomic E-state index is 11.3. The predicted octanol–water partition coefficient (Wildman–Crippen LogP) is 2.42. The van der Waals surface area contributed by atoms with E-state index in [9.17, 15) is 9.90 Å². The van der Waals surface area contributed by atoms with Crippen molar-refractivity contribution < 1.29 is 40.4 Å². The van der Waals surface area contributed by atoms with Gasteiger partial charge in [-0.05, 0) is 19.1 Å². The van der Waals surface area contributed by atoms with Gasteiger partial charge in [0.1, 0.15) is 30.4 Å². The number of phenolic OH excluding ortho intramolecular Hbond substituents is 1. The number of aromatic hydroxyl groups is 1. The van der Waals surface area contributed by atoms with Crippen LogP contribution in [0.1, 0.15) is 6.92 Å². The third-order valence-corrected chi connectivity index (χ3v) is 3.32. The van der Waals surface area contributed by atoms with Crippen molar-refractivity contribution in [2.45, 2.75) is 6.92 Å². The zero-order valence-electron chi connectivity index (χ0n) is 14.0. The molecule has 0 radical (unpaired) electrons. The molecule has 0 atom stereocenters. The largest absolute Gasteiger partial charge is 0.506 e. The van der Waals surface area contributed by atoms with E-state index in [0.29, 0.717) is 28.0 Å². The smallest absolute Gasteiger partial charge is 0.333 e. The summed E-state index contributed by atoms with van der Waals surface area (Å²) in [6.45, 7) is 5.35. The normalized spacial score (nSPS) is 10.2. The van der Waals surface area contributed by atoms with Crippen molar-refractivity contribution >= 4 is 17.0 Å². The second kappa shape index (κ2) is 8.63. The van der Waals surface area contributed by atoms with E-state index in [1.54, 1.807) is 37.3 Å². The van der Waals surface area contributed by atoms with E-state index in [0.717, 1.165) is 0 Å². The maximum atomic E-state index is 11.3. The monoisotopic (exact) mass is 522 g/mol. The standard InChI is InChI=1S/C18H16N3O4.W/c1-12(2)18(23)25-10-9-24-13-7-8-17(22)16(11-13)21-19-14-5-3-4-6-15(14)20-21;/h3,5-8,11,22H,1,9-10H2,2H3;/q-1;. The Labute approximate surface area is 164 Å². The number of esters is 1. The summed E-state index contributed by atoms with van der Waals surface area (Å²) < 4.78 is 10.5. The van der Waals surface area contributed by atoms with Crippen molar-refractivity contribution in [3.63, 3.8) is 0 Å². The van der Waals surface area contributed by atoms with Crippen LogP contribution in [-0.4, -0.2) is 39.3 Å². The molecule has 0 spiro atoms. The molecule has 1 aromatic heterocycles. The third kappa shape index (κ3) is 4.49. The molecule has 0 unspecified atom stereocenters. The molecule has 3 aromatic rings. The van der Waals surface area contributed by atoms with Crippen LogP contribution < -0.4 is 4.74 Å². The molecule has 0 amide bonds. The molecule has 26 heavy (non-hydrogen) atoms. The Kier molecular flexibility index (Phi) is 6.52. The molecule has 0 aliphatic carbocycles. The Morgan fingerprint density at radius 1 is 1.27 bits per heavy atom. The van der Waals surface area contributed by atoms with Crippen LogP contribution in [0.5, 0.6) is 11.5 Å². The molecule has 134 valence electrons. The molecule has 2 aromatic carbocycles. The molecule has 0 fully saturated rings. The van der Waals surface area contributed by atoms with Gasteiger partial charge in [-0.1, -0.05) is 6.58 Å². The fourth-order valence-corrected chi connectivity index (χ4v) is 2.08. The van der Waals surface area contributed by atoms with E-state index in [-0.39, 0.29) is 40.0 Å². The summed E-state index contributed by atoms with van der Waals surface area (Å²) in [5.74, 6) is 0.0525. The third-order valence-electron chi connectivity index (χ3n) is 3.32. The first-order chi connectivity index (χ1) is 12.0. The molecule has 0 saturated heterocycles. The topological polar surface area (TPSA) is 86.5 Å². The van der Waals surface area contributed by atoms with Gasteiger partial charge in [-0.25, -0.2) is 9.89 Å². The molecule has 1 N–H and O–H groups in total. The molecule has 0 aliphatic heterocycles. The Bertz CT molecular complexity index is 906. The van der Waals surface area contributed by atoms with Crippen LogP contribution in [0.2, 0.25) is 0 Å². The second-order valence-electron chi connectivity index (χ2n) is 5.32. The predicted molar refractivity (Wildman–Crippen MR) is 90.6 cm³/mol. The summed E-state index contributed by atoms with van der Waals surface area (Å²) in [6.07, 6.45) is 0. The van der Waals surface area contributed by atoms with Crippen molar-refractivity contribution in [3.8, 4) is 17.2 Å². The van der Waals surface area contributed by atoms with Gasteiger partial charge in [0.15, 0.2) is 0 Å². The van der Waals surface area contributed by atoms with Crippen molar-refractivity contribution in [2.24, 2.45) is 0 Å². The number of benzene rings is 2. The fourth-order valence-electron chi connectivity index (χ4n) is 2.08. The van der Waals surface area contributed by atoms with E-state index < -0.39 is 5.97 Å². The van der Waals surface area contributed by atoms with Crippen molar-refractivity contribution in [1.29, 1.82) is 0 Å². The molecule has 8 heteroatoms. The van der Waals surface area contributed by atoms with Crippen LogP contribution in [-0.2, 0) is 30.6 Å². The van der Waals surface area contributed by atoms with Gasteiger partial charge in [0.05, 0.1) is 0 Å². The van der Waals surface area contributed by atoms with Gasteiger partial charge < -0.3 is 14.6 Å². The van der Waals surface area contributed by atoms with Crippen LogP contribution in [0.15, 0.2) is 48.6 Å². The summed E-state index contributed by atoms with van der Waals surface area (Å²) in [5.41, 5.74) is 2.07. The molecule has 3 rings (SSSR count). The Hall–Kier alpha value is -2.66. The van der Waals surface area contributed by atoms with Gasteiger partial charge in [0, 0.05) is 43.7 Å². The van der Waals surface area contributed by atoms with Gasteiger partial charge in [0.25, 0.3) is 0 Å². The van der Waals surface area contributed by atoms with Gasteiger partial charge >= 0.3 is 5.97 Å². The van der Waals surface area contributed by atoms with E-state index in [4.69, 9.17) is 9.47 Å². The van der Waals surface area contributed by atoms with Gasteiger partial charge in [-0.15, -0.1) is 12.1 Å². The number of rotatable bonds is 6. The molecular formula is C18H16N3O4W-.